The number of benzene rings is 2. The maximum Gasteiger partial charge on any atom is 0.255 e. The summed E-state index contributed by atoms with van der Waals surface area (Å²) >= 11 is 7.46. The summed E-state index contributed by atoms with van der Waals surface area (Å²) in [5.41, 5.74) is 1.25. The van der Waals surface area contributed by atoms with Crippen molar-refractivity contribution in [3.05, 3.63) is 70.5 Å². The maximum atomic E-state index is 13.4. The van der Waals surface area contributed by atoms with Crippen LogP contribution >= 0.6 is 23.4 Å². The molecule has 2 aromatic rings. The summed E-state index contributed by atoms with van der Waals surface area (Å²) in [5.74, 6) is 0.215. The van der Waals surface area contributed by atoms with Crippen LogP contribution in [0.5, 0.6) is 0 Å². The van der Waals surface area contributed by atoms with Crippen molar-refractivity contribution in [2.45, 2.75) is 31.7 Å². The van der Waals surface area contributed by atoms with E-state index in [0.29, 0.717) is 28.8 Å². The van der Waals surface area contributed by atoms with Gasteiger partial charge in [0.15, 0.2) is 0 Å². The first-order valence-electron chi connectivity index (χ1n) is 9.60. The van der Waals surface area contributed by atoms with Crippen LogP contribution in [0.1, 0.15) is 41.6 Å². The van der Waals surface area contributed by atoms with Gasteiger partial charge in [0, 0.05) is 22.9 Å². The van der Waals surface area contributed by atoms with E-state index >= 15 is 0 Å². The molecule has 0 bridgehead atoms. The van der Waals surface area contributed by atoms with Crippen LogP contribution in [0.15, 0.2) is 48.5 Å². The van der Waals surface area contributed by atoms with Gasteiger partial charge in [-0.05, 0) is 54.3 Å². The van der Waals surface area contributed by atoms with Gasteiger partial charge < -0.3 is 10.2 Å². The lowest BCUT2D eigenvalue weighted by Crippen LogP contribution is -2.48. The average molecular weight is 435 g/mol. The lowest BCUT2D eigenvalue weighted by Gasteiger charge is -2.29. The Morgan fingerprint density at radius 2 is 1.83 bits per heavy atom. The van der Waals surface area contributed by atoms with Crippen LogP contribution in [0.3, 0.4) is 0 Å². The van der Waals surface area contributed by atoms with Crippen LogP contribution in [0, 0.1) is 11.7 Å². The molecule has 1 heterocycles. The Balaban J connectivity index is 1.87. The van der Waals surface area contributed by atoms with E-state index in [1.165, 1.54) is 23.9 Å². The van der Waals surface area contributed by atoms with Gasteiger partial charge in [-0.25, -0.2) is 4.39 Å². The number of amides is 2. The Morgan fingerprint density at radius 3 is 2.45 bits per heavy atom. The molecule has 0 radical (unpaired) electrons. The number of rotatable bonds is 6. The highest BCUT2D eigenvalue weighted by atomic mass is 35.5. The van der Waals surface area contributed by atoms with Gasteiger partial charge >= 0.3 is 0 Å². The van der Waals surface area contributed by atoms with Crippen molar-refractivity contribution >= 4 is 35.2 Å². The number of nitrogens with one attached hydrogen (secondary N) is 1. The van der Waals surface area contributed by atoms with E-state index in [9.17, 15) is 14.0 Å². The SMILES string of the molecule is CC(C)CCNC(=O)C1CSC(c2ccc(F)cc2)N1C(=O)c1ccc(Cl)cc1. The fourth-order valence-corrected chi connectivity index (χ4v) is 4.74. The third-order valence-electron chi connectivity index (χ3n) is 4.80. The molecule has 1 fully saturated rings. The number of nitrogens with zero attached hydrogens (tertiary/aromatic N) is 1. The number of carbonyl (C=O) groups excluding carboxylic acids is 2. The molecule has 2 unspecified atom stereocenters. The molecule has 0 spiro atoms. The van der Waals surface area contributed by atoms with Crippen LogP contribution in [0.25, 0.3) is 0 Å². The van der Waals surface area contributed by atoms with E-state index < -0.39 is 6.04 Å². The molecule has 2 atom stereocenters. The first-order chi connectivity index (χ1) is 13.9. The van der Waals surface area contributed by atoms with Crippen LogP contribution < -0.4 is 5.32 Å². The van der Waals surface area contributed by atoms with E-state index in [2.05, 4.69) is 19.2 Å². The highest BCUT2D eigenvalue weighted by molar-refractivity contribution is 7.99. The number of halogens is 2. The minimum atomic E-state index is -0.592. The van der Waals surface area contributed by atoms with Gasteiger partial charge in [-0.15, -0.1) is 11.8 Å². The minimum Gasteiger partial charge on any atom is -0.354 e. The number of hydrogen-bond acceptors (Lipinski definition) is 3. The van der Waals surface area contributed by atoms with Crippen LogP contribution in [0.4, 0.5) is 4.39 Å². The zero-order chi connectivity index (χ0) is 21.0. The van der Waals surface area contributed by atoms with E-state index in [1.54, 1.807) is 41.3 Å². The summed E-state index contributed by atoms with van der Waals surface area (Å²) in [6, 6.07) is 12.1. The average Bonchev–Trinajstić information content (AvgIpc) is 3.13. The first kappa shape index (κ1) is 21.7. The second kappa shape index (κ2) is 9.63. The molecule has 1 aliphatic rings. The lowest BCUT2D eigenvalue weighted by molar-refractivity contribution is -0.124. The fraction of sp³-hybridized carbons (Fsp3) is 0.364. The van der Waals surface area contributed by atoms with Gasteiger partial charge in [0.1, 0.15) is 17.2 Å². The molecule has 2 aromatic carbocycles. The second-order valence-electron chi connectivity index (χ2n) is 7.45. The number of thioether (sulfide) groups is 1. The molecule has 1 saturated heterocycles. The Bertz CT molecular complexity index is 858. The normalized spacial score (nSPS) is 18.9. The van der Waals surface area contributed by atoms with Crippen molar-refractivity contribution < 1.29 is 14.0 Å². The van der Waals surface area contributed by atoms with Crippen LogP contribution in [-0.4, -0.2) is 35.1 Å². The zero-order valence-electron chi connectivity index (χ0n) is 16.4. The predicted octanol–water partition coefficient (Wildman–Crippen LogP) is 4.90. The summed E-state index contributed by atoms with van der Waals surface area (Å²) in [6.07, 6.45) is 0.873. The van der Waals surface area contributed by atoms with Crippen LogP contribution in [-0.2, 0) is 4.79 Å². The Morgan fingerprint density at radius 1 is 1.17 bits per heavy atom. The summed E-state index contributed by atoms with van der Waals surface area (Å²) in [4.78, 5) is 27.8. The van der Waals surface area contributed by atoms with Crippen molar-refractivity contribution in [3.8, 4) is 0 Å². The van der Waals surface area contributed by atoms with Gasteiger partial charge in [-0.1, -0.05) is 37.6 Å². The molecule has 7 heteroatoms. The van der Waals surface area contributed by atoms with E-state index in [0.717, 1.165) is 12.0 Å². The Labute approximate surface area is 179 Å². The summed E-state index contributed by atoms with van der Waals surface area (Å²) < 4.78 is 13.4. The van der Waals surface area contributed by atoms with E-state index in [1.807, 2.05) is 0 Å². The minimum absolute atomic E-state index is 0.162. The van der Waals surface area contributed by atoms with E-state index in [4.69, 9.17) is 11.6 Å². The monoisotopic (exact) mass is 434 g/mol. The van der Waals surface area contributed by atoms with Gasteiger partial charge in [-0.2, -0.15) is 0 Å². The van der Waals surface area contributed by atoms with Gasteiger partial charge in [-0.3, -0.25) is 9.59 Å². The molecule has 1 N–H and O–H groups in total. The molecule has 0 saturated carbocycles. The fourth-order valence-electron chi connectivity index (χ4n) is 3.18. The van der Waals surface area contributed by atoms with Crippen LogP contribution in [0.2, 0.25) is 5.02 Å². The molecule has 29 heavy (non-hydrogen) atoms. The van der Waals surface area contributed by atoms with Crippen molar-refractivity contribution in [1.29, 1.82) is 0 Å². The predicted molar refractivity (Wildman–Crippen MR) is 115 cm³/mol. The second-order valence-corrected chi connectivity index (χ2v) is 9.00. The molecule has 154 valence electrons. The molecule has 2 amide bonds. The number of carbonyl (C=O) groups is 2. The number of hydrogen-bond donors (Lipinski definition) is 1. The van der Waals surface area contributed by atoms with Crippen molar-refractivity contribution in [1.82, 2.24) is 10.2 Å². The lowest BCUT2D eigenvalue weighted by atomic mass is 10.1. The van der Waals surface area contributed by atoms with Crippen molar-refractivity contribution in [3.63, 3.8) is 0 Å². The third kappa shape index (κ3) is 5.31. The first-order valence-corrected chi connectivity index (χ1v) is 11.0. The molecular formula is C22H24ClFN2O2S. The Kier molecular flexibility index (Phi) is 7.19. The highest BCUT2D eigenvalue weighted by Gasteiger charge is 2.42. The topological polar surface area (TPSA) is 49.4 Å². The molecule has 0 aromatic heterocycles. The van der Waals surface area contributed by atoms with Gasteiger partial charge in [0.25, 0.3) is 5.91 Å². The molecule has 3 rings (SSSR count). The molecule has 1 aliphatic heterocycles. The van der Waals surface area contributed by atoms with Crippen molar-refractivity contribution in [2.24, 2.45) is 5.92 Å². The summed E-state index contributed by atoms with van der Waals surface area (Å²) in [7, 11) is 0. The van der Waals surface area contributed by atoms with Gasteiger partial charge in [0.2, 0.25) is 5.91 Å². The Hall–Kier alpha value is -2.05. The van der Waals surface area contributed by atoms with Gasteiger partial charge in [0.05, 0.1) is 0 Å². The molecular weight excluding hydrogens is 411 g/mol. The largest absolute Gasteiger partial charge is 0.354 e. The van der Waals surface area contributed by atoms with E-state index in [-0.39, 0.29) is 23.0 Å². The van der Waals surface area contributed by atoms with Crippen molar-refractivity contribution in [2.75, 3.05) is 12.3 Å². The molecule has 0 aliphatic carbocycles. The summed E-state index contributed by atoms with van der Waals surface area (Å²) in [5, 5.41) is 3.13. The third-order valence-corrected chi connectivity index (χ3v) is 6.38. The maximum absolute atomic E-state index is 13.4. The smallest absolute Gasteiger partial charge is 0.255 e. The zero-order valence-corrected chi connectivity index (χ0v) is 18.0. The summed E-state index contributed by atoms with van der Waals surface area (Å²) in [6.45, 7) is 4.76. The molecule has 4 nitrogen and oxygen atoms in total. The highest BCUT2D eigenvalue weighted by Crippen LogP contribution is 2.42. The standard InChI is InChI=1S/C22H24ClFN2O2S/c1-14(2)11-12-25-20(27)19-13-29-22(16-5-9-18(24)10-6-16)26(19)21(28)15-3-7-17(23)8-4-15/h3-10,14,19,22H,11-13H2,1-2H3,(H,25,27). The quantitative estimate of drug-likeness (QED) is 0.703.